The molecule has 1 aliphatic carbocycles. The first-order valence-electron chi connectivity index (χ1n) is 12.7. The number of aliphatic hydroxyl groups is 1. The molecule has 3 aromatic rings. The van der Waals surface area contributed by atoms with E-state index in [4.69, 9.17) is 9.15 Å². The Morgan fingerprint density at radius 1 is 1.30 bits per heavy atom. The summed E-state index contributed by atoms with van der Waals surface area (Å²) in [4.78, 5) is 22.9. The van der Waals surface area contributed by atoms with Crippen molar-refractivity contribution in [3.63, 3.8) is 0 Å². The number of pyridine rings is 1. The van der Waals surface area contributed by atoms with Gasteiger partial charge in [-0.15, -0.1) is 0 Å². The van der Waals surface area contributed by atoms with Gasteiger partial charge in [0.15, 0.2) is 23.7 Å². The van der Waals surface area contributed by atoms with Gasteiger partial charge >= 0.3 is 0 Å². The highest BCUT2D eigenvalue weighted by atomic mass is 19.1. The molecule has 1 aliphatic heterocycles. The van der Waals surface area contributed by atoms with Crippen LogP contribution in [0.2, 0.25) is 0 Å². The number of halogens is 1. The first kappa shape index (κ1) is 25.2. The number of β-amino-alcohol motifs (C(OH)–C–C–N with tert-alkyl or cyclic N) is 1. The molecule has 0 radical (unpaired) electrons. The van der Waals surface area contributed by atoms with Gasteiger partial charge in [0.1, 0.15) is 12.4 Å². The van der Waals surface area contributed by atoms with Gasteiger partial charge in [0, 0.05) is 44.0 Å². The van der Waals surface area contributed by atoms with Crippen molar-refractivity contribution >= 4 is 11.7 Å². The third-order valence-electron chi connectivity index (χ3n) is 7.00. The molecular weight excluding hydrogens is 477 g/mol. The monoisotopic (exact) mass is 509 g/mol. The fourth-order valence-corrected chi connectivity index (χ4v) is 4.58. The molecule has 1 atom stereocenters. The van der Waals surface area contributed by atoms with Crippen molar-refractivity contribution in [2.24, 2.45) is 0 Å². The normalized spacial score (nSPS) is 16.5. The summed E-state index contributed by atoms with van der Waals surface area (Å²) in [5.74, 6) is 0.761. The average molecular weight is 510 g/mol. The number of carbonyl (C=O) groups excluding carboxylic acids is 1. The third-order valence-corrected chi connectivity index (χ3v) is 7.00. The van der Waals surface area contributed by atoms with E-state index in [0.29, 0.717) is 49.2 Å². The Labute approximate surface area is 215 Å². The SMILES string of the molecule is Cc1ncoc1COc1cc2c(cc1F)CN(C[C@H](O)CNC(=O)c1ccnc(NC3CCC3)c1)CC2. The number of hydrogen-bond acceptors (Lipinski definition) is 8. The van der Waals surface area contributed by atoms with Gasteiger partial charge in [0.05, 0.1) is 11.8 Å². The summed E-state index contributed by atoms with van der Waals surface area (Å²) < 4.78 is 25.6. The minimum absolute atomic E-state index is 0.114. The average Bonchev–Trinajstić information content (AvgIpc) is 3.28. The van der Waals surface area contributed by atoms with E-state index < -0.39 is 11.9 Å². The maximum absolute atomic E-state index is 14.7. The van der Waals surface area contributed by atoms with Crippen LogP contribution in [0.4, 0.5) is 10.2 Å². The predicted octanol–water partition coefficient (Wildman–Crippen LogP) is 3.21. The van der Waals surface area contributed by atoms with Crippen LogP contribution >= 0.6 is 0 Å². The first-order valence-corrected chi connectivity index (χ1v) is 12.7. The molecule has 5 rings (SSSR count). The molecule has 1 fully saturated rings. The second kappa shape index (κ2) is 11.3. The fourth-order valence-electron chi connectivity index (χ4n) is 4.58. The number of hydrogen-bond donors (Lipinski definition) is 3. The number of nitrogens with zero attached hydrogens (tertiary/aromatic N) is 3. The van der Waals surface area contributed by atoms with E-state index in [9.17, 15) is 14.3 Å². The molecular formula is C27H32FN5O4. The second-order valence-corrected chi connectivity index (χ2v) is 9.75. The van der Waals surface area contributed by atoms with Crippen molar-refractivity contribution in [3.8, 4) is 5.75 Å². The van der Waals surface area contributed by atoms with Crippen LogP contribution in [0.5, 0.6) is 5.75 Å². The number of oxazole rings is 1. The summed E-state index contributed by atoms with van der Waals surface area (Å²) >= 11 is 0. The minimum atomic E-state index is -0.752. The number of amides is 1. The van der Waals surface area contributed by atoms with Crippen LogP contribution in [0.1, 0.15) is 52.2 Å². The Bertz CT molecular complexity index is 1250. The molecule has 0 spiro atoms. The van der Waals surface area contributed by atoms with Crippen molar-refractivity contribution in [3.05, 3.63) is 70.8 Å². The summed E-state index contributed by atoms with van der Waals surface area (Å²) in [5.41, 5.74) is 3.11. The van der Waals surface area contributed by atoms with Crippen LogP contribution < -0.4 is 15.4 Å². The lowest BCUT2D eigenvalue weighted by Gasteiger charge is -2.30. The van der Waals surface area contributed by atoms with Gasteiger partial charge < -0.3 is 24.9 Å². The molecule has 196 valence electrons. The number of rotatable bonds is 10. The van der Waals surface area contributed by atoms with Gasteiger partial charge in [-0.2, -0.15) is 0 Å². The minimum Gasteiger partial charge on any atom is -0.482 e. The molecule has 37 heavy (non-hydrogen) atoms. The van der Waals surface area contributed by atoms with Crippen molar-refractivity contribution in [1.82, 2.24) is 20.2 Å². The lowest BCUT2D eigenvalue weighted by Crippen LogP contribution is -2.42. The molecule has 3 heterocycles. The lowest BCUT2D eigenvalue weighted by atomic mass is 9.93. The molecule has 0 saturated heterocycles. The van der Waals surface area contributed by atoms with Crippen LogP contribution in [0.15, 0.2) is 41.3 Å². The Hall–Kier alpha value is -3.50. The van der Waals surface area contributed by atoms with E-state index in [2.05, 4.69) is 25.5 Å². The van der Waals surface area contributed by atoms with Crippen LogP contribution in [0, 0.1) is 12.7 Å². The summed E-state index contributed by atoms with van der Waals surface area (Å²) in [6.07, 6.45) is 6.37. The molecule has 1 aromatic carbocycles. The van der Waals surface area contributed by atoms with Gasteiger partial charge in [-0.25, -0.2) is 14.4 Å². The van der Waals surface area contributed by atoms with E-state index in [1.807, 2.05) is 6.92 Å². The number of fused-ring (bicyclic) bond motifs is 1. The predicted molar refractivity (Wildman–Crippen MR) is 135 cm³/mol. The summed E-state index contributed by atoms with van der Waals surface area (Å²) in [5, 5.41) is 16.7. The number of nitrogens with one attached hydrogen (secondary N) is 2. The summed E-state index contributed by atoms with van der Waals surface area (Å²) in [6, 6.07) is 7.07. The van der Waals surface area contributed by atoms with E-state index in [0.717, 1.165) is 29.7 Å². The molecule has 0 bridgehead atoms. The molecule has 1 amide bonds. The third kappa shape index (κ3) is 6.26. The molecule has 2 aromatic heterocycles. The quantitative estimate of drug-likeness (QED) is 0.382. The zero-order valence-electron chi connectivity index (χ0n) is 20.9. The molecule has 9 nitrogen and oxygen atoms in total. The van der Waals surface area contributed by atoms with Gasteiger partial charge in [-0.05, 0) is 68.0 Å². The number of ether oxygens (including phenoxy) is 1. The van der Waals surface area contributed by atoms with Crippen LogP contribution in [-0.2, 0) is 19.6 Å². The van der Waals surface area contributed by atoms with Crippen molar-refractivity contribution in [1.29, 1.82) is 0 Å². The van der Waals surface area contributed by atoms with Gasteiger partial charge in [0.2, 0.25) is 0 Å². The highest BCUT2D eigenvalue weighted by Gasteiger charge is 2.22. The highest BCUT2D eigenvalue weighted by Crippen LogP contribution is 2.28. The number of benzene rings is 1. The highest BCUT2D eigenvalue weighted by molar-refractivity contribution is 5.94. The molecule has 3 N–H and O–H groups in total. The standard InChI is InChI=1S/C27H32FN5O4/c1-17-25(37-16-31-17)15-36-24-10-18-6-8-33(13-20(18)9-23(24)28)14-22(34)12-30-27(35)19-5-7-29-26(11-19)32-21-3-2-4-21/h5,7,9-11,16,21-22,34H,2-4,6,8,12-15H2,1H3,(H,29,32)(H,30,35)/t22-/m1/s1. The Balaban J connectivity index is 1.10. The summed E-state index contributed by atoms with van der Waals surface area (Å²) in [7, 11) is 0. The van der Waals surface area contributed by atoms with Crippen molar-refractivity contribution in [2.45, 2.75) is 57.9 Å². The zero-order chi connectivity index (χ0) is 25.8. The molecule has 2 aliphatic rings. The van der Waals surface area contributed by atoms with E-state index in [1.165, 1.54) is 18.9 Å². The number of aromatic nitrogens is 2. The molecule has 10 heteroatoms. The lowest BCUT2D eigenvalue weighted by molar-refractivity contribution is 0.0841. The van der Waals surface area contributed by atoms with Gasteiger partial charge in [-0.3, -0.25) is 9.69 Å². The maximum Gasteiger partial charge on any atom is 0.251 e. The number of anilines is 1. The smallest absolute Gasteiger partial charge is 0.251 e. The second-order valence-electron chi connectivity index (χ2n) is 9.75. The van der Waals surface area contributed by atoms with E-state index >= 15 is 0 Å². The molecule has 0 unspecified atom stereocenters. The first-order chi connectivity index (χ1) is 17.9. The van der Waals surface area contributed by atoms with Crippen LogP contribution in [0.25, 0.3) is 0 Å². The van der Waals surface area contributed by atoms with Crippen LogP contribution in [0.3, 0.4) is 0 Å². The Morgan fingerprint density at radius 2 is 2.16 bits per heavy atom. The zero-order valence-corrected chi connectivity index (χ0v) is 20.9. The molecule has 1 saturated carbocycles. The maximum atomic E-state index is 14.7. The fraction of sp³-hybridized carbons (Fsp3) is 0.444. The van der Waals surface area contributed by atoms with Crippen molar-refractivity contribution < 1.29 is 23.4 Å². The Morgan fingerprint density at radius 3 is 2.92 bits per heavy atom. The van der Waals surface area contributed by atoms with Crippen molar-refractivity contribution in [2.75, 3.05) is 25.0 Å². The van der Waals surface area contributed by atoms with E-state index in [-0.39, 0.29) is 24.8 Å². The largest absolute Gasteiger partial charge is 0.482 e. The van der Waals surface area contributed by atoms with Gasteiger partial charge in [-0.1, -0.05) is 0 Å². The van der Waals surface area contributed by atoms with Gasteiger partial charge in [0.25, 0.3) is 5.91 Å². The number of aryl methyl sites for hydroxylation is 1. The number of carbonyl (C=O) groups is 1. The summed E-state index contributed by atoms with van der Waals surface area (Å²) in [6.45, 7) is 3.64. The number of aliphatic hydroxyl groups excluding tert-OH is 1. The topological polar surface area (TPSA) is 113 Å². The van der Waals surface area contributed by atoms with Crippen LogP contribution in [-0.4, -0.2) is 57.7 Å². The Kier molecular flexibility index (Phi) is 7.66. The van der Waals surface area contributed by atoms with E-state index in [1.54, 1.807) is 24.4 Å².